The quantitative estimate of drug-likeness (QED) is 0.120. The van der Waals surface area contributed by atoms with Gasteiger partial charge in [0.15, 0.2) is 5.78 Å². The predicted octanol–water partition coefficient (Wildman–Crippen LogP) is 2.02. The van der Waals surface area contributed by atoms with Gasteiger partial charge in [-0.15, -0.1) is 0 Å². The fourth-order valence-electron chi connectivity index (χ4n) is 3.65. The Balaban J connectivity index is 1.74. The molecule has 5 N–H and O–H groups in total. The summed E-state index contributed by atoms with van der Waals surface area (Å²) in [6.45, 7) is 0.330. The third-order valence-corrected chi connectivity index (χ3v) is 5.36. The number of para-hydroxylation sites is 1. The molecule has 0 fully saturated rings. The number of hydrazine groups is 1. The number of hydrogen-bond donors (Lipinski definition) is 4. The third kappa shape index (κ3) is 4.42. The molecule has 0 aliphatic rings. The number of imidazole rings is 1. The fourth-order valence-corrected chi connectivity index (χ4v) is 3.65. The van der Waals surface area contributed by atoms with Crippen LogP contribution in [-0.2, 0) is 13.6 Å². The van der Waals surface area contributed by atoms with Crippen LogP contribution in [0.5, 0.6) is 5.75 Å². The van der Waals surface area contributed by atoms with Crippen molar-refractivity contribution in [2.75, 3.05) is 7.11 Å². The standard InChI is InChI=1S/C23H24N8O3/c1-31-18-12-26-9-8-17(18)29-23(31)21(27-11-14-5-3-4-6-19(14)33-2)22(32)15-13-34-30-20(15)16(24)7-10-28-25/h3-10,12-13,21,24,27-28H,11,25H2,1-2H3/b10-7-,24-16?. The van der Waals surface area contributed by atoms with E-state index in [1.54, 1.807) is 25.6 Å². The van der Waals surface area contributed by atoms with Crippen LogP contribution in [0.1, 0.15) is 33.5 Å². The van der Waals surface area contributed by atoms with Gasteiger partial charge in [0.05, 0.1) is 35.6 Å². The van der Waals surface area contributed by atoms with E-state index in [9.17, 15) is 4.79 Å². The highest BCUT2D eigenvalue weighted by Crippen LogP contribution is 2.25. The highest BCUT2D eigenvalue weighted by Gasteiger charge is 2.31. The molecule has 11 nitrogen and oxygen atoms in total. The van der Waals surface area contributed by atoms with E-state index in [2.05, 4.69) is 25.9 Å². The molecule has 0 aliphatic heterocycles. The van der Waals surface area contributed by atoms with Crippen LogP contribution >= 0.6 is 0 Å². The Morgan fingerprint density at radius 2 is 2.18 bits per heavy atom. The summed E-state index contributed by atoms with van der Waals surface area (Å²) in [5.41, 5.74) is 4.90. The molecular weight excluding hydrogens is 436 g/mol. The van der Waals surface area contributed by atoms with Gasteiger partial charge in [0.1, 0.15) is 29.6 Å². The van der Waals surface area contributed by atoms with Crippen LogP contribution in [-0.4, -0.2) is 38.3 Å². The van der Waals surface area contributed by atoms with Gasteiger partial charge in [-0.2, -0.15) is 0 Å². The van der Waals surface area contributed by atoms with Crippen LogP contribution in [0.15, 0.2) is 65.8 Å². The van der Waals surface area contributed by atoms with Crippen molar-refractivity contribution >= 4 is 22.5 Å². The number of ether oxygens (including phenoxy) is 1. The summed E-state index contributed by atoms with van der Waals surface area (Å²) in [5.74, 6) is 6.08. The lowest BCUT2D eigenvalue weighted by atomic mass is 10.0. The summed E-state index contributed by atoms with van der Waals surface area (Å²) in [7, 11) is 3.42. The minimum absolute atomic E-state index is 0.0345. The number of aromatic nitrogens is 4. The van der Waals surface area contributed by atoms with Crippen LogP contribution in [0, 0.1) is 5.41 Å². The van der Waals surface area contributed by atoms with Crippen molar-refractivity contribution in [1.29, 1.82) is 5.41 Å². The van der Waals surface area contributed by atoms with Gasteiger partial charge in [0.2, 0.25) is 0 Å². The fraction of sp³-hybridized carbons (Fsp3) is 0.174. The summed E-state index contributed by atoms with van der Waals surface area (Å²) < 4.78 is 12.3. The Hall–Kier alpha value is -4.35. The van der Waals surface area contributed by atoms with E-state index in [-0.39, 0.29) is 22.8 Å². The molecule has 3 aromatic heterocycles. The summed E-state index contributed by atoms with van der Waals surface area (Å²) in [5, 5.41) is 15.4. The second-order valence-electron chi connectivity index (χ2n) is 7.37. The maximum absolute atomic E-state index is 13.8. The SMILES string of the molecule is COc1ccccc1CNC(C(=O)c1conc1C(=N)/C=C\NN)c1nc2ccncc2n1C. The minimum atomic E-state index is -0.870. The van der Waals surface area contributed by atoms with Crippen molar-refractivity contribution in [3.05, 3.63) is 83.9 Å². The molecule has 3 heterocycles. The van der Waals surface area contributed by atoms with Crippen LogP contribution in [0.2, 0.25) is 0 Å². The number of Topliss-reactive ketones (excluding diaryl/α,β-unsaturated/α-hetero) is 1. The lowest BCUT2D eigenvalue weighted by Crippen LogP contribution is -2.31. The molecule has 1 atom stereocenters. The molecule has 34 heavy (non-hydrogen) atoms. The number of nitrogens with two attached hydrogens (primary N) is 1. The molecule has 0 saturated heterocycles. The van der Waals surface area contributed by atoms with Gasteiger partial charge in [-0.1, -0.05) is 23.4 Å². The monoisotopic (exact) mass is 460 g/mol. The van der Waals surface area contributed by atoms with Crippen molar-refractivity contribution in [2.24, 2.45) is 12.9 Å². The van der Waals surface area contributed by atoms with Crippen molar-refractivity contribution in [3.8, 4) is 5.75 Å². The Kier molecular flexibility index (Phi) is 6.76. The third-order valence-electron chi connectivity index (χ3n) is 5.36. The first-order valence-electron chi connectivity index (χ1n) is 10.4. The molecule has 1 aromatic carbocycles. The van der Waals surface area contributed by atoms with Crippen molar-refractivity contribution in [2.45, 2.75) is 12.6 Å². The van der Waals surface area contributed by atoms with Gasteiger partial charge in [-0.05, 0) is 18.2 Å². The molecule has 0 bridgehead atoms. The van der Waals surface area contributed by atoms with Gasteiger partial charge in [0, 0.05) is 31.6 Å². The largest absolute Gasteiger partial charge is 0.496 e. The predicted molar refractivity (Wildman–Crippen MR) is 125 cm³/mol. The lowest BCUT2D eigenvalue weighted by molar-refractivity contribution is 0.0935. The van der Waals surface area contributed by atoms with Crippen LogP contribution in [0.4, 0.5) is 0 Å². The second-order valence-corrected chi connectivity index (χ2v) is 7.37. The number of benzene rings is 1. The molecular formula is C23H24N8O3. The van der Waals surface area contributed by atoms with E-state index < -0.39 is 6.04 Å². The second kappa shape index (κ2) is 10.1. The molecule has 0 spiro atoms. The first-order valence-corrected chi connectivity index (χ1v) is 10.4. The number of methoxy groups -OCH3 is 1. The Morgan fingerprint density at radius 3 is 2.94 bits per heavy atom. The molecule has 11 heteroatoms. The van der Waals surface area contributed by atoms with Crippen molar-refractivity contribution in [3.63, 3.8) is 0 Å². The molecule has 1 unspecified atom stereocenters. The number of allylic oxidation sites excluding steroid dienone is 1. The van der Waals surface area contributed by atoms with Gasteiger partial charge in [-0.25, -0.2) is 4.98 Å². The molecule has 4 rings (SSSR count). The number of aryl methyl sites for hydroxylation is 1. The Labute approximate surface area is 195 Å². The topological polar surface area (TPSA) is 157 Å². The normalized spacial score (nSPS) is 12.2. The number of fused-ring (bicyclic) bond motifs is 1. The number of carbonyl (C=O) groups excluding carboxylic acids is 1. The minimum Gasteiger partial charge on any atom is -0.496 e. The number of pyridine rings is 1. The maximum Gasteiger partial charge on any atom is 0.193 e. The molecule has 0 radical (unpaired) electrons. The smallest absolute Gasteiger partial charge is 0.193 e. The number of rotatable bonds is 10. The van der Waals surface area contributed by atoms with E-state index in [0.717, 1.165) is 11.1 Å². The molecule has 0 saturated carbocycles. The van der Waals surface area contributed by atoms with E-state index in [1.165, 1.54) is 18.5 Å². The van der Waals surface area contributed by atoms with Crippen LogP contribution < -0.4 is 21.3 Å². The highest BCUT2D eigenvalue weighted by atomic mass is 16.5. The van der Waals surface area contributed by atoms with Gasteiger partial charge in [-0.3, -0.25) is 26.3 Å². The molecule has 0 aliphatic carbocycles. The van der Waals surface area contributed by atoms with Gasteiger partial charge in [0.25, 0.3) is 0 Å². The maximum atomic E-state index is 13.8. The number of carbonyl (C=O) groups is 1. The first kappa shape index (κ1) is 22.8. The molecule has 174 valence electrons. The summed E-state index contributed by atoms with van der Waals surface area (Å²) in [6, 6.07) is 8.45. The van der Waals surface area contributed by atoms with Gasteiger partial charge < -0.3 is 19.3 Å². The van der Waals surface area contributed by atoms with Crippen molar-refractivity contribution in [1.82, 2.24) is 30.4 Å². The summed E-state index contributed by atoms with van der Waals surface area (Å²) in [4.78, 5) is 22.6. The number of hydrogen-bond acceptors (Lipinski definition) is 10. The van der Waals surface area contributed by atoms with Crippen LogP contribution in [0.3, 0.4) is 0 Å². The Bertz CT molecular complexity index is 1360. The van der Waals surface area contributed by atoms with E-state index in [1.807, 2.05) is 35.9 Å². The number of ketones is 1. The van der Waals surface area contributed by atoms with E-state index in [4.69, 9.17) is 20.5 Å². The zero-order valence-corrected chi connectivity index (χ0v) is 18.6. The zero-order valence-electron chi connectivity index (χ0n) is 18.6. The van der Waals surface area contributed by atoms with Gasteiger partial charge >= 0.3 is 0 Å². The lowest BCUT2D eigenvalue weighted by Gasteiger charge is -2.18. The number of nitrogens with one attached hydrogen (secondary N) is 3. The first-order chi connectivity index (χ1) is 16.5. The average molecular weight is 460 g/mol. The van der Waals surface area contributed by atoms with E-state index in [0.29, 0.717) is 23.6 Å². The van der Waals surface area contributed by atoms with Crippen LogP contribution in [0.25, 0.3) is 11.0 Å². The van der Waals surface area contributed by atoms with Crippen molar-refractivity contribution < 1.29 is 14.1 Å². The molecule has 4 aromatic rings. The average Bonchev–Trinajstić information content (AvgIpc) is 3.48. The van der Waals surface area contributed by atoms with E-state index >= 15 is 0 Å². The zero-order chi connectivity index (χ0) is 24.1. The summed E-state index contributed by atoms with van der Waals surface area (Å²) in [6.07, 6.45) is 7.32. The highest BCUT2D eigenvalue weighted by molar-refractivity contribution is 6.14. The molecule has 0 amide bonds. The Morgan fingerprint density at radius 1 is 1.35 bits per heavy atom. The number of nitrogens with zero attached hydrogens (tertiary/aromatic N) is 4. The summed E-state index contributed by atoms with van der Waals surface area (Å²) >= 11 is 0.